The SMILES string of the molecule is CNC.COc1c(Cl)cccc1C(=O)O. The monoisotopic (exact) mass is 231 g/mol. The van der Waals surface area contributed by atoms with E-state index in [1.54, 1.807) is 12.1 Å². The van der Waals surface area contributed by atoms with Gasteiger partial charge in [-0.1, -0.05) is 17.7 Å². The summed E-state index contributed by atoms with van der Waals surface area (Å²) in [4.78, 5) is 10.6. The minimum Gasteiger partial charge on any atom is -0.494 e. The third kappa shape index (κ3) is 4.18. The van der Waals surface area contributed by atoms with Crippen molar-refractivity contribution in [3.05, 3.63) is 28.8 Å². The molecule has 1 aromatic carbocycles. The van der Waals surface area contributed by atoms with E-state index in [1.807, 2.05) is 14.1 Å². The van der Waals surface area contributed by atoms with Gasteiger partial charge in [0.05, 0.1) is 12.1 Å². The summed E-state index contributed by atoms with van der Waals surface area (Å²) in [6.45, 7) is 0. The van der Waals surface area contributed by atoms with E-state index in [1.165, 1.54) is 13.2 Å². The van der Waals surface area contributed by atoms with Gasteiger partial charge in [0.1, 0.15) is 5.56 Å². The second-order valence-corrected chi connectivity index (χ2v) is 3.03. The van der Waals surface area contributed by atoms with Gasteiger partial charge < -0.3 is 15.2 Å². The Morgan fingerprint density at radius 3 is 2.33 bits per heavy atom. The van der Waals surface area contributed by atoms with Crippen LogP contribution in [0.4, 0.5) is 0 Å². The fourth-order valence-electron chi connectivity index (χ4n) is 0.885. The molecule has 1 aromatic rings. The molecule has 0 spiro atoms. The average Bonchev–Trinajstić information content (AvgIpc) is 2.18. The summed E-state index contributed by atoms with van der Waals surface area (Å²) in [5, 5.41) is 11.7. The molecule has 4 nitrogen and oxygen atoms in total. The Hall–Kier alpha value is -1.26. The summed E-state index contributed by atoms with van der Waals surface area (Å²) >= 11 is 5.69. The lowest BCUT2D eigenvalue weighted by atomic mass is 10.2. The van der Waals surface area contributed by atoms with Gasteiger partial charge in [0, 0.05) is 0 Å². The summed E-state index contributed by atoms with van der Waals surface area (Å²) in [5.41, 5.74) is 0.0741. The first-order valence-corrected chi connectivity index (χ1v) is 4.60. The summed E-state index contributed by atoms with van der Waals surface area (Å²) in [7, 11) is 5.13. The van der Waals surface area contributed by atoms with Crippen LogP contribution in [0.2, 0.25) is 5.02 Å². The lowest BCUT2D eigenvalue weighted by molar-refractivity contribution is 0.0693. The standard InChI is InChI=1S/C8H7ClO3.C2H7N/c1-12-7-5(8(10)11)3-2-4-6(7)9;1-3-2/h2-4H,1H3,(H,10,11);3H,1-2H3. The summed E-state index contributed by atoms with van der Waals surface area (Å²) in [6.07, 6.45) is 0. The van der Waals surface area contributed by atoms with Gasteiger partial charge >= 0.3 is 5.97 Å². The van der Waals surface area contributed by atoms with Crippen LogP contribution in [-0.2, 0) is 0 Å². The van der Waals surface area contributed by atoms with Crippen molar-refractivity contribution in [1.82, 2.24) is 5.32 Å². The van der Waals surface area contributed by atoms with E-state index in [4.69, 9.17) is 21.4 Å². The molecule has 1 rings (SSSR count). The summed E-state index contributed by atoms with van der Waals surface area (Å²) in [6, 6.07) is 4.58. The topological polar surface area (TPSA) is 58.6 Å². The molecule has 0 fully saturated rings. The van der Waals surface area contributed by atoms with Gasteiger partial charge in [0.2, 0.25) is 0 Å². The zero-order valence-corrected chi connectivity index (χ0v) is 9.63. The van der Waals surface area contributed by atoms with Gasteiger partial charge in [-0.15, -0.1) is 0 Å². The van der Waals surface area contributed by atoms with E-state index >= 15 is 0 Å². The smallest absolute Gasteiger partial charge is 0.339 e. The molecule has 0 aliphatic carbocycles. The van der Waals surface area contributed by atoms with Crippen LogP contribution in [0, 0.1) is 0 Å². The van der Waals surface area contributed by atoms with Gasteiger partial charge in [-0.25, -0.2) is 4.79 Å². The van der Waals surface area contributed by atoms with Crippen molar-refractivity contribution in [2.24, 2.45) is 0 Å². The number of nitrogens with one attached hydrogen (secondary N) is 1. The van der Waals surface area contributed by atoms with E-state index in [0.29, 0.717) is 5.02 Å². The van der Waals surface area contributed by atoms with Gasteiger partial charge in [-0.2, -0.15) is 0 Å². The number of halogens is 1. The maximum atomic E-state index is 10.6. The molecule has 0 heterocycles. The van der Waals surface area contributed by atoms with Gasteiger partial charge in [0.15, 0.2) is 5.75 Å². The van der Waals surface area contributed by atoms with Crippen LogP contribution in [-0.4, -0.2) is 32.3 Å². The van der Waals surface area contributed by atoms with Crippen molar-refractivity contribution in [3.8, 4) is 5.75 Å². The van der Waals surface area contributed by atoms with E-state index in [-0.39, 0.29) is 11.3 Å². The molecule has 0 aliphatic rings. The molecular weight excluding hydrogens is 218 g/mol. The molecule has 0 amide bonds. The molecule has 0 saturated carbocycles. The normalized spacial score (nSPS) is 8.80. The van der Waals surface area contributed by atoms with E-state index in [0.717, 1.165) is 0 Å². The Morgan fingerprint density at radius 2 is 2.00 bits per heavy atom. The summed E-state index contributed by atoms with van der Waals surface area (Å²) in [5.74, 6) is -0.846. The fourth-order valence-corrected chi connectivity index (χ4v) is 1.14. The Morgan fingerprint density at radius 1 is 1.47 bits per heavy atom. The molecule has 0 aromatic heterocycles. The van der Waals surface area contributed by atoms with Crippen LogP contribution < -0.4 is 10.1 Å². The number of methoxy groups -OCH3 is 1. The first kappa shape index (κ1) is 13.7. The molecule has 0 saturated heterocycles. The molecule has 0 unspecified atom stereocenters. The highest BCUT2D eigenvalue weighted by molar-refractivity contribution is 6.32. The van der Waals surface area contributed by atoms with Crippen LogP contribution >= 0.6 is 11.6 Å². The van der Waals surface area contributed by atoms with Crippen LogP contribution in [0.1, 0.15) is 10.4 Å². The van der Waals surface area contributed by atoms with Crippen LogP contribution in [0.15, 0.2) is 18.2 Å². The Labute approximate surface area is 93.8 Å². The molecule has 0 radical (unpaired) electrons. The Kier molecular flexibility index (Phi) is 6.49. The first-order chi connectivity index (χ1) is 7.08. The fraction of sp³-hybridized carbons (Fsp3) is 0.300. The molecule has 0 bridgehead atoms. The number of hydrogen-bond donors (Lipinski definition) is 2. The Bertz CT molecular complexity index is 328. The maximum Gasteiger partial charge on any atom is 0.339 e. The van der Waals surface area contributed by atoms with Crippen molar-refractivity contribution in [2.45, 2.75) is 0 Å². The zero-order chi connectivity index (χ0) is 11.8. The van der Waals surface area contributed by atoms with Gasteiger partial charge in [-0.3, -0.25) is 0 Å². The first-order valence-electron chi connectivity index (χ1n) is 4.22. The van der Waals surface area contributed by atoms with Crippen molar-refractivity contribution < 1.29 is 14.6 Å². The number of hydrogen-bond acceptors (Lipinski definition) is 3. The predicted molar refractivity (Wildman–Crippen MR) is 59.9 cm³/mol. The van der Waals surface area contributed by atoms with E-state index in [2.05, 4.69) is 5.32 Å². The average molecular weight is 232 g/mol. The highest BCUT2D eigenvalue weighted by Crippen LogP contribution is 2.27. The number of carboxylic acids is 1. The second-order valence-electron chi connectivity index (χ2n) is 2.63. The van der Waals surface area contributed by atoms with Gasteiger partial charge in [0.25, 0.3) is 0 Å². The van der Waals surface area contributed by atoms with Crippen LogP contribution in [0.5, 0.6) is 5.75 Å². The number of para-hydroxylation sites is 1. The zero-order valence-electron chi connectivity index (χ0n) is 8.87. The highest BCUT2D eigenvalue weighted by atomic mass is 35.5. The molecule has 2 N–H and O–H groups in total. The van der Waals surface area contributed by atoms with Crippen molar-refractivity contribution in [3.63, 3.8) is 0 Å². The minimum absolute atomic E-state index is 0.0741. The molecule has 5 heteroatoms. The molecule has 0 atom stereocenters. The largest absolute Gasteiger partial charge is 0.494 e. The molecule has 84 valence electrons. The van der Waals surface area contributed by atoms with Crippen LogP contribution in [0.25, 0.3) is 0 Å². The third-order valence-electron chi connectivity index (χ3n) is 1.40. The van der Waals surface area contributed by atoms with Crippen molar-refractivity contribution in [2.75, 3.05) is 21.2 Å². The number of benzene rings is 1. The van der Waals surface area contributed by atoms with E-state index in [9.17, 15) is 4.79 Å². The number of carbonyl (C=O) groups is 1. The third-order valence-corrected chi connectivity index (χ3v) is 1.70. The summed E-state index contributed by atoms with van der Waals surface area (Å²) < 4.78 is 4.82. The second kappa shape index (κ2) is 7.09. The molecular formula is C10H14ClNO3. The number of rotatable bonds is 2. The van der Waals surface area contributed by atoms with Gasteiger partial charge in [-0.05, 0) is 26.2 Å². The maximum absolute atomic E-state index is 10.6. The number of ether oxygens (including phenoxy) is 1. The number of carboxylic acid groups (broad SMARTS) is 1. The van der Waals surface area contributed by atoms with E-state index < -0.39 is 5.97 Å². The minimum atomic E-state index is -1.05. The molecule has 15 heavy (non-hydrogen) atoms. The lowest BCUT2D eigenvalue weighted by Gasteiger charge is -2.05. The van der Waals surface area contributed by atoms with Crippen LogP contribution in [0.3, 0.4) is 0 Å². The van der Waals surface area contributed by atoms with Crippen molar-refractivity contribution >= 4 is 17.6 Å². The van der Waals surface area contributed by atoms with Crippen molar-refractivity contribution in [1.29, 1.82) is 0 Å². The molecule has 0 aliphatic heterocycles. The number of aromatic carboxylic acids is 1. The Balaban J connectivity index is 0.000000583. The quantitative estimate of drug-likeness (QED) is 0.816. The lowest BCUT2D eigenvalue weighted by Crippen LogP contribution is -2.00. The predicted octanol–water partition coefficient (Wildman–Crippen LogP) is 1.88. The highest BCUT2D eigenvalue weighted by Gasteiger charge is 2.12.